The number of nitrogens with one attached hydrogen (secondary N) is 1. The number of phenolic OH excluding ortho intramolecular Hbond substituents is 1. The normalized spacial score (nSPS) is 11.3. The molecule has 3 rings (SSSR count). The lowest BCUT2D eigenvalue weighted by atomic mass is 10.2. The number of carbonyl (C=O) groups is 1. The fraction of sp³-hybridized carbons (Fsp3) is 0.188. The molecule has 0 atom stereocenters. The predicted octanol–water partition coefficient (Wildman–Crippen LogP) is -0.710. The third-order valence-corrected chi connectivity index (χ3v) is 3.83. The lowest BCUT2D eigenvalue weighted by Gasteiger charge is -2.05. The number of hydrazone groups is 1. The van der Waals surface area contributed by atoms with E-state index in [1.807, 2.05) is 0 Å². The van der Waals surface area contributed by atoms with E-state index >= 15 is 0 Å². The number of phenols is 1. The fourth-order valence-corrected chi connectivity index (χ4v) is 2.45. The van der Waals surface area contributed by atoms with Gasteiger partial charge in [-0.3, -0.25) is 18.7 Å². The van der Waals surface area contributed by atoms with Gasteiger partial charge in [0.1, 0.15) is 12.3 Å². The Kier molecular flexibility index (Phi) is 4.40. The number of nitrogens with zero attached hydrogens (tertiary/aromatic N) is 5. The molecule has 0 radical (unpaired) electrons. The highest BCUT2D eigenvalue weighted by molar-refractivity contribution is 5.83. The molecule has 2 aromatic heterocycles. The minimum absolute atomic E-state index is 0.133. The molecule has 0 aliphatic carbocycles. The Morgan fingerprint density at radius 3 is 2.62 bits per heavy atom. The highest BCUT2D eigenvalue weighted by Gasteiger charge is 2.15. The number of imidazole rings is 1. The van der Waals surface area contributed by atoms with Crippen LogP contribution in [-0.4, -0.2) is 35.9 Å². The van der Waals surface area contributed by atoms with Crippen LogP contribution in [0.25, 0.3) is 11.2 Å². The Bertz CT molecular complexity index is 1120. The molecule has 2 N–H and O–H groups in total. The first-order valence-corrected chi connectivity index (χ1v) is 7.60. The molecule has 26 heavy (non-hydrogen) atoms. The number of aromatic hydroxyl groups is 1. The first kappa shape index (κ1) is 17.1. The number of rotatable bonds is 4. The quantitative estimate of drug-likeness (QED) is 0.472. The van der Waals surface area contributed by atoms with Crippen molar-refractivity contribution in [2.45, 2.75) is 6.54 Å². The van der Waals surface area contributed by atoms with E-state index in [2.05, 4.69) is 15.5 Å². The summed E-state index contributed by atoms with van der Waals surface area (Å²) in [5.74, 6) is -0.329. The van der Waals surface area contributed by atoms with E-state index < -0.39 is 17.2 Å². The van der Waals surface area contributed by atoms with Gasteiger partial charge in [0.15, 0.2) is 11.2 Å². The van der Waals surface area contributed by atoms with Gasteiger partial charge in [0, 0.05) is 14.1 Å². The number of aryl methyl sites for hydroxylation is 1. The van der Waals surface area contributed by atoms with Crippen LogP contribution in [0.1, 0.15) is 5.56 Å². The van der Waals surface area contributed by atoms with E-state index in [1.54, 1.807) is 12.1 Å². The van der Waals surface area contributed by atoms with E-state index in [1.165, 1.54) is 47.9 Å². The molecule has 134 valence electrons. The van der Waals surface area contributed by atoms with Crippen molar-refractivity contribution in [2.24, 2.45) is 19.2 Å². The zero-order valence-electron chi connectivity index (χ0n) is 14.1. The predicted molar refractivity (Wildman–Crippen MR) is 94.1 cm³/mol. The molecule has 10 nitrogen and oxygen atoms in total. The number of fused-ring (bicyclic) bond motifs is 1. The number of amides is 1. The van der Waals surface area contributed by atoms with Crippen LogP contribution in [0.3, 0.4) is 0 Å². The molecule has 0 spiro atoms. The summed E-state index contributed by atoms with van der Waals surface area (Å²) in [5, 5.41) is 13.0. The van der Waals surface area contributed by atoms with Crippen LogP contribution in [0.15, 0.2) is 45.3 Å². The third kappa shape index (κ3) is 3.11. The Balaban J connectivity index is 1.79. The highest BCUT2D eigenvalue weighted by atomic mass is 16.3. The van der Waals surface area contributed by atoms with Gasteiger partial charge in [0.05, 0.1) is 12.5 Å². The van der Waals surface area contributed by atoms with Crippen molar-refractivity contribution >= 4 is 23.3 Å². The minimum atomic E-state index is -0.527. The van der Waals surface area contributed by atoms with E-state index in [0.717, 1.165) is 4.57 Å². The maximum atomic E-state index is 12.3. The van der Waals surface area contributed by atoms with Crippen LogP contribution in [-0.2, 0) is 25.4 Å². The summed E-state index contributed by atoms with van der Waals surface area (Å²) >= 11 is 0. The van der Waals surface area contributed by atoms with Crippen LogP contribution in [0, 0.1) is 0 Å². The maximum absolute atomic E-state index is 12.3. The molecule has 0 aliphatic heterocycles. The SMILES string of the molecule is Cn1c(=O)c2c(ncn2CC(=O)N/N=C\c2ccc(O)cc2)n(C)c1=O. The second kappa shape index (κ2) is 6.67. The summed E-state index contributed by atoms with van der Waals surface area (Å²) in [4.78, 5) is 40.3. The summed E-state index contributed by atoms with van der Waals surface area (Å²) in [5.41, 5.74) is 2.39. The van der Waals surface area contributed by atoms with E-state index in [9.17, 15) is 19.5 Å². The molecule has 1 amide bonds. The zero-order chi connectivity index (χ0) is 18.8. The van der Waals surface area contributed by atoms with Crippen LogP contribution < -0.4 is 16.7 Å². The second-order valence-corrected chi connectivity index (χ2v) is 5.64. The van der Waals surface area contributed by atoms with E-state index in [4.69, 9.17) is 0 Å². The summed E-state index contributed by atoms with van der Waals surface area (Å²) in [6.07, 6.45) is 2.75. The Morgan fingerprint density at radius 1 is 1.23 bits per heavy atom. The minimum Gasteiger partial charge on any atom is -0.508 e. The molecule has 2 heterocycles. The van der Waals surface area contributed by atoms with Gasteiger partial charge in [0.2, 0.25) is 0 Å². The van der Waals surface area contributed by atoms with Crippen molar-refractivity contribution in [1.29, 1.82) is 0 Å². The van der Waals surface area contributed by atoms with Gasteiger partial charge in [-0.15, -0.1) is 0 Å². The lowest BCUT2D eigenvalue weighted by Crippen LogP contribution is -2.38. The summed E-state index contributed by atoms with van der Waals surface area (Å²) in [7, 11) is 2.87. The molecular formula is C16H16N6O4. The average Bonchev–Trinajstić information content (AvgIpc) is 3.03. The van der Waals surface area contributed by atoms with Gasteiger partial charge in [-0.05, 0) is 29.8 Å². The van der Waals surface area contributed by atoms with Gasteiger partial charge in [0.25, 0.3) is 11.5 Å². The standard InChI is InChI=1S/C16H16N6O4/c1-20-14-13(15(25)21(2)16(20)26)22(9-17-14)8-12(24)19-18-7-10-3-5-11(23)6-4-10/h3-7,9,23H,8H2,1-2H3,(H,19,24)/b18-7-. The number of hydrogen-bond acceptors (Lipinski definition) is 6. The number of benzene rings is 1. The molecule has 0 saturated carbocycles. The van der Waals surface area contributed by atoms with Crippen molar-refractivity contribution in [3.8, 4) is 5.75 Å². The first-order valence-electron chi connectivity index (χ1n) is 7.60. The molecule has 1 aromatic carbocycles. The molecule has 0 fully saturated rings. The largest absolute Gasteiger partial charge is 0.508 e. The van der Waals surface area contributed by atoms with Crippen LogP contribution in [0.4, 0.5) is 0 Å². The van der Waals surface area contributed by atoms with Gasteiger partial charge < -0.3 is 9.67 Å². The van der Waals surface area contributed by atoms with Crippen molar-refractivity contribution in [2.75, 3.05) is 0 Å². The van der Waals surface area contributed by atoms with Gasteiger partial charge in [-0.25, -0.2) is 15.2 Å². The Labute approximate surface area is 146 Å². The van der Waals surface area contributed by atoms with Gasteiger partial charge in [-0.2, -0.15) is 5.10 Å². The highest BCUT2D eigenvalue weighted by Crippen LogP contribution is 2.07. The molecule has 3 aromatic rings. The molecule has 0 saturated heterocycles. The number of carbonyl (C=O) groups excluding carboxylic acids is 1. The Hall–Kier alpha value is -3.69. The summed E-state index contributed by atoms with van der Waals surface area (Å²) in [6.45, 7) is -0.184. The van der Waals surface area contributed by atoms with Crippen LogP contribution in [0.5, 0.6) is 5.75 Å². The van der Waals surface area contributed by atoms with E-state index in [-0.39, 0.29) is 23.5 Å². The molecule has 0 unspecified atom stereocenters. The maximum Gasteiger partial charge on any atom is 0.332 e. The van der Waals surface area contributed by atoms with Crippen molar-refractivity contribution in [3.63, 3.8) is 0 Å². The van der Waals surface area contributed by atoms with Gasteiger partial charge in [-0.1, -0.05) is 0 Å². The zero-order valence-corrected chi connectivity index (χ0v) is 14.1. The Morgan fingerprint density at radius 2 is 1.92 bits per heavy atom. The summed E-state index contributed by atoms with van der Waals surface area (Å²) in [6, 6.07) is 6.28. The smallest absolute Gasteiger partial charge is 0.332 e. The van der Waals surface area contributed by atoms with Crippen molar-refractivity contribution in [3.05, 3.63) is 57.0 Å². The summed E-state index contributed by atoms with van der Waals surface area (Å²) < 4.78 is 3.57. The van der Waals surface area contributed by atoms with Crippen LogP contribution >= 0.6 is 0 Å². The first-order chi connectivity index (χ1) is 12.4. The molecule has 0 aliphatic rings. The second-order valence-electron chi connectivity index (χ2n) is 5.64. The monoisotopic (exact) mass is 356 g/mol. The number of aromatic nitrogens is 4. The van der Waals surface area contributed by atoms with Crippen molar-refractivity contribution < 1.29 is 9.90 Å². The molecular weight excluding hydrogens is 340 g/mol. The van der Waals surface area contributed by atoms with Crippen LogP contribution in [0.2, 0.25) is 0 Å². The lowest BCUT2D eigenvalue weighted by molar-refractivity contribution is -0.121. The molecule has 0 bridgehead atoms. The van der Waals surface area contributed by atoms with Gasteiger partial charge >= 0.3 is 5.69 Å². The average molecular weight is 356 g/mol. The molecule has 10 heteroatoms. The van der Waals surface area contributed by atoms with E-state index in [0.29, 0.717) is 5.56 Å². The topological polar surface area (TPSA) is 124 Å². The fourth-order valence-electron chi connectivity index (χ4n) is 2.45. The number of hydrogen-bond donors (Lipinski definition) is 2. The third-order valence-electron chi connectivity index (χ3n) is 3.83. The van der Waals surface area contributed by atoms with Crippen molar-refractivity contribution in [1.82, 2.24) is 24.1 Å².